The van der Waals surface area contributed by atoms with Crippen molar-refractivity contribution in [2.75, 3.05) is 32.8 Å². The third-order valence-corrected chi connectivity index (χ3v) is 8.92. The lowest BCUT2D eigenvalue weighted by atomic mass is 10.0. The molecule has 1 aliphatic heterocycles. The third kappa shape index (κ3) is 6.84. The molecule has 6 rings (SSSR count). The molecule has 0 bridgehead atoms. The first-order chi connectivity index (χ1) is 20.9. The molecule has 1 saturated heterocycles. The van der Waals surface area contributed by atoms with Crippen molar-refractivity contribution in [2.45, 2.75) is 32.1 Å². The molecule has 11 heteroatoms. The highest BCUT2D eigenvalue weighted by Gasteiger charge is 2.52. The number of ether oxygens (including phenoxy) is 3. The van der Waals surface area contributed by atoms with Gasteiger partial charge in [0.15, 0.2) is 5.06 Å². The topological polar surface area (TPSA) is 121 Å². The van der Waals surface area contributed by atoms with E-state index in [-0.39, 0.29) is 12.4 Å². The SMILES string of the molecule is O=C(Oc1ccc(-c2c(Oc3ccc(OCCN4CCCCC4)cc3)sc3cc(O)ccc23)cc1)C1(CO[N+](=O)[O-])CC1. The van der Waals surface area contributed by atoms with E-state index in [0.29, 0.717) is 36.0 Å². The van der Waals surface area contributed by atoms with Crippen molar-refractivity contribution >= 4 is 27.4 Å². The number of fused-ring (bicyclic) bond motifs is 1. The fourth-order valence-electron chi connectivity index (χ4n) is 5.23. The van der Waals surface area contributed by atoms with E-state index in [9.17, 15) is 20.0 Å². The highest BCUT2D eigenvalue weighted by Crippen LogP contribution is 2.49. The molecule has 0 radical (unpaired) electrons. The van der Waals surface area contributed by atoms with Gasteiger partial charge in [0.25, 0.3) is 5.09 Å². The fourth-order valence-corrected chi connectivity index (χ4v) is 6.36. The van der Waals surface area contributed by atoms with Gasteiger partial charge in [-0.3, -0.25) is 9.69 Å². The summed E-state index contributed by atoms with van der Waals surface area (Å²) in [5.74, 6) is 1.39. The molecule has 0 amide bonds. The minimum absolute atomic E-state index is 0.162. The van der Waals surface area contributed by atoms with Crippen LogP contribution in [0.1, 0.15) is 32.1 Å². The van der Waals surface area contributed by atoms with Crippen molar-refractivity contribution in [3.05, 3.63) is 76.8 Å². The lowest BCUT2D eigenvalue weighted by Gasteiger charge is -2.26. The summed E-state index contributed by atoms with van der Waals surface area (Å²) in [4.78, 5) is 30.1. The molecule has 2 fully saturated rings. The van der Waals surface area contributed by atoms with Crippen LogP contribution in [0.25, 0.3) is 21.2 Å². The average Bonchev–Trinajstić information content (AvgIpc) is 3.73. The van der Waals surface area contributed by atoms with Crippen LogP contribution in [0, 0.1) is 15.5 Å². The van der Waals surface area contributed by atoms with Gasteiger partial charge < -0.3 is 24.2 Å². The zero-order valence-corrected chi connectivity index (χ0v) is 24.3. The Morgan fingerprint density at radius 2 is 1.65 bits per heavy atom. The summed E-state index contributed by atoms with van der Waals surface area (Å²) in [5, 5.41) is 21.3. The molecular formula is C32H32N2O8S. The molecule has 224 valence electrons. The number of thiophene rings is 1. The van der Waals surface area contributed by atoms with E-state index < -0.39 is 16.5 Å². The van der Waals surface area contributed by atoms with Gasteiger partial charge in [0.1, 0.15) is 36.2 Å². The maximum atomic E-state index is 12.7. The second-order valence-corrected chi connectivity index (χ2v) is 12.0. The molecule has 4 aromatic rings. The number of carbonyl (C=O) groups is 1. The lowest BCUT2D eigenvalue weighted by Crippen LogP contribution is -2.33. The number of phenols is 1. The number of likely N-dealkylation sites (tertiary alicyclic amines) is 1. The molecule has 2 aliphatic rings. The molecule has 43 heavy (non-hydrogen) atoms. The van der Waals surface area contributed by atoms with E-state index in [4.69, 9.17) is 14.2 Å². The van der Waals surface area contributed by atoms with E-state index in [1.54, 1.807) is 24.3 Å². The lowest BCUT2D eigenvalue weighted by molar-refractivity contribution is -0.759. The molecule has 1 aliphatic carbocycles. The number of rotatable bonds is 12. The summed E-state index contributed by atoms with van der Waals surface area (Å²) in [6, 6.07) is 19.8. The molecule has 1 aromatic heterocycles. The van der Waals surface area contributed by atoms with Gasteiger partial charge in [0, 0.05) is 22.2 Å². The smallest absolute Gasteiger partial charge is 0.319 e. The van der Waals surface area contributed by atoms with Gasteiger partial charge in [-0.1, -0.05) is 29.9 Å². The molecule has 1 saturated carbocycles. The van der Waals surface area contributed by atoms with Crippen LogP contribution in [0.15, 0.2) is 66.7 Å². The van der Waals surface area contributed by atoms with Crippen LogP contribution in [0.2, 0.25) is 0 Å². The maximum Gasteiger partial charge on any atom is 0.319 e. The summed E-state index contributed by atoms with van der Waals surface area (Å²) in [6.07, 6.45) is 4.80. The zero-order chi connectivity index (χ0) is 29.8. The number of carbonyl (C=O) groups excluding carboxylic acids is 1. The van der Waals surface area contributed by atoms with Crippen molar-refractivity contribution in [1.82, 2.24) is 4.90 Å². The largest absolute Gasteiger partial charge is 0.508 e. The van der Waals surface area contributed by atoms with E-state index in [1.165, 1.54) is 30.6 Å². The van der Waals surface area contributed by atoms with Crippen molar-refractivity contribution in [1.29, 1.82) is 0 Å². The number of phenolic OH excluding ortho intramolecular Hbond substituents is 1. The van der Waals surface area contributed by atoms with E-state index in [2.05, 4.69) is 9.74 Å². The molecule has 2 heterocycles. The second-order valence-electron chi connectivity index (χ2n) is 11.0. The van der Waals surface area contributed by atoms with Crippen LogP contribution < -0.4 is 14.2 Å². The molecule has 0 spiro atoms. The number of benzene rings is 3. The molecule has 1 N–H and O–H groups in total. The van der Waals surface area contributed by atoms with Gasteiger partial charge in [-0.15, -0.1) is 10.1 Å². The Bertz CT molecular complexity index is 1590. The first-order valence-electron chi connectivity index (χ1n) is 14.4. The predicted octanol–water partition coefficient (Wildman–Crippen LogP) is 6.82. The Morgan fingerprint density at radius 3 is 2.35 bits per heavy atom. The number of nitrogens with zero attached hydrogens (tertiary/aromatic N) is 2. The monoisotopic (exact) mass is 604 g/mol. The van der Waals surface area contributed by atoms with Gasteiger partial charge in [-0.25, -0.2) is 0 Å². The van der Waals surface area contributed by atoms with Crippen molar-refractivity contribution in [2.24, 2.45) is 5.41 Å². The number of hydrogen-bond acceptors (Lipinski definition) is 10. The van der Waals surface area contributed by atoms with E-state index >= 15 is 0 Å². The van der Waals surface area contributed by atoms with Crippen molar-refractivity contribution in [3.8, 4) is 39.2 Å². The maximum absolute atomic E-state index is 12.7. The second kappa shape index (κ2) is 12.5. The van der Waals surface area contributed by atoms with Crippen molar-refractivity contribution in [3.63, 3.8) is 0 Å². The zero-order valence-electron chi connectivity index (χ0n) is 23.5. The molecule has 10 nitrogen and oxygen atoms in total. The Kier molecular flexibility index (Phi) is 8.35. The van der Waals surface area contributed by atoms with Gasteiger partial charge >= 0.3 is 5.97 Å². The van der Waals surface area contributed by atoms with Crippen LogP contribution in [-0.4, -0.2) is 53.9 Å². The highest BCUT2D eigenvalue weighted by atomic mass is 32.1. The number of aromatic hydroxyl groups is 1. The Morgan fingerprint density at radius 1 is 0.953 bits per heavy atom. The van der Waals surface area contributed by atoms with Gasteiger partial charge in [0.05, 0.1) is 5.41 Å². The minimum Gasteiger partial charge on any atom is -0.508 e. The highest BCUT2D eigenvalue weighted by molar-refractivity contribution is 7.21. The van der Waals surface area contributed by atoms with Crippen LogP contribution in [0.4, 0.5) is 0 Å². The minimum atomic E-state index is -0.966. The quantitative estimate of drug-likeness (QED) is 0.0803. The number of hydrogen-bond donors (Lipinski definition) is 1. The first-order valence-corrected chi connectivity index (χ1v) is 15.2. The van der Waals surface area contributed by atoms with E-state index in [0.717, 1.165) is 46.6 Å². The Hall–Kier alpha value is -4.35. The Labute approximate surface area is 252 Å². The normalized spacial score (nSPS) is 16.0. The fraction of sp³-hybridized carbons (Fsp3) is 0.344. The summed E-state index contributed by atoms with van der Waals surface area (Å²) in [6.45, 7) is 3.54. The first kappa shape index (κ1) is 28.8. The van der Waals surface area contributed by atoms with Gasteiger partial charge in [-0.05, 0) is 98.9 Å². The van der Waals surface area contributed by atoms with Crippen LogP contribution in [0.5, 0.6) is 28.1 Å². The average molecular weight is 605 g/mol. The standard InChI is InChI=1S/C32H32N2O8S/c35-23-6-13-27-28(20-23)43-30(41-25-11-9-24(10-12-25)39-19-18-33-16-2-1-3-17-33)29(27)22-4-7-26(8-5-22)42-31(36)32(14-15-32)21-40-34(37)38/h4-13,20,35H,1-3,14-19,21H2. The van der Waals surface area contributed by atoms with Crippen LogP contribution in [0.3, 0.4) is 0 Å². The van der Waals surface area contributed by atoms with Gasteiger partial charge in [-0.2, -0.15) is 0 Å². The summed E-state index contributed by atoms with van der Waals surface area (Å²) in [7, 11) is 0. The van der Waals surface area contributed by atoms with Gasteiger partial charge in [0.2, 0.25) is 0 Å². The van der Waals surface area contributed by atoms with E-state index in [1.807, 2.05) is 42.5 Å². The van der Waals surface area contributed by atoms with Crippen molar-refractivity contribution < 1.29 is 34.0 Å². The molecule has 0 atom stereocenters. The molecule has 0 unspecified atom stereocenters. The summed E-state index contributed by atoms with van der Waals surface area (Å²) in [5.41, 5.74) is 0.715. The predicted molar refractivity (Wildman–Crippen MR) is 161 cm³/mol. The third-order valence-electron chi connectivity index (χ3n) is 7.89. The van der Waals surface area contributed by atoms with Crippen LogP contribution >= 0.6 is 11.3 Å². The number of esters is 1. The number of piperidine rings is 1. The summed E-state index contributed by atoms with van der Waals surface area (Å²) < 4.78 is 18.7. The molecular weight excluding hydrogens is 572 g/mol. The van der Waals surface area contributed by atoms with Crippen LogP contribution in [-0.2, 0) is 9.63 Å². The Balaban J connectivity index is 1.16. The summed E-state index contributed by atoms with van der Waals surface area (Å²) >= 11 is 1.42. The molecule has 3 aromatic carbocycles.